The van der Waals surface area contributed by atoms with Crippen LogP contribution in [0.4, 0.5) is 0 Å². The third-order valence-corrected chi connectivity index (χ3v) is 1.83. The van der Waals surface area contributed by atoms with Crippen molar-refractivity contribution in [3.63, 3.8) is 0 Å². The van der Waals surface area contributed by atoms with Gasteiger partial charge in [-0.1, -0.05) is 13.5 Å². The van der Waals surface area contributed by atoms with Gasteiger partial charge < -0.3 is 14.8 Å². The van der Waals surface area contributed by atoms with Gasteiger partial charge in [0.25, 0.3) is 0 Å². The summed E-state index contributed by atoms with van der Waals surface area (Å²) in [5.41, 5.74) is 1.54. The van der Waals surface area contributed by atoms with E-state index >= 15 is 0 Å². The van der Waals surface area contributed by atoms with Gasteiger partial charge in [-0.05, 0) is 13.3 Å². The first-order chi connectivity index (χ1) is 6.06. The summed E-state index contributed by atoms with van der Waals surface area (Å²) in [7, 11) is 0. The molecule has 1 aromatic rings. The van der Waals surface area contributed by atoms with Gasteiger partial charge >= 0.3 is 0 Å². The Morgan fingerprint density at radius 1 is 1.69 bits per heavy atom. The zero-order chi connectivity index (χ0) is 10.0. The average Bonchev–Trinajstić information content (AvgIpc) is 2.46. The van der Waals surface area contributed by atoms with Crippen molar-refractivity contribution in [2.75, 3.05) is 0 Å². The van der Waals surface area contributed by atoms with Gasteiger partial charge in [-0.15, -0.1) is 0 Å². The molecule has 0 aliphatic carbocycles. The summed E-state index contributed by atoms with van der Waals surface area (Å²) in [5.74, 6) is 0.226. The first-order valence-electron chi connectivity index (χ1n) is 4.16. The molecule has 1 aromatic heterocycles. The molecule has 1 rings (SSSR count). The van der Waals surface area contributed by atoms with Gasteiger partial charge in [0, 0.05) is 11.9 Å². The normalized spacial score (nSPS) is 10.8. The molecule has 0 bridgehead atoms. The number of hydrogen-bond donors (Lipinski definition) is 2. The van der Waals surface area contributed by atoms with Crippen molar-refractivity contribution < 1.29 is 10.2 Å². The predicted octanol–water partition coefficient (Wildman–Crippen LogP) is 1.06. The molecule has 72 valence electrons. The SMILES string of the molecule is C=C(CC)n1cc(C)nc1C(O)O. The largest absolute Gasteiger partial charge is 0.362 e. The van der Waals surface area contributed by atoms with E-state index in [1.165, 1.54) is 0 Å². The molecule has 0 saturated carbocycles. The number of aliphatic hydroxyl groups excluding tert-OH is 1. The molecule has 0 aromatic carbocycles. The second-order valence-electron chi connectivity index (χ2n) is 2.90. The van der Waals surface area contributed by atoms with Gasteiger partial charge in [0.15, 0.2) is 5.82 Å². The van der Waals surface area contributed by atoms with E-state index in [4.69, 9.17) is 10.2 Å². The highest BCUT2D eigenvalue weighted by Gasteiger charge is 2.13. The van der Waals surface area contributed by atoms with Crippen LogP contribution in [0.25, 0.3) is 5.70 Å². The fourth-order valence-electron chi connectivity index (χ4n) is 1.12. The highest BCUT2D eigenvalue weighted by Crippen LogP contribution is 2.16. The van der Waals surface area contributed by atoms with Crippen molar-refractivity contribution >= 4 is 5.70 Å². The van der Waals surface area contributed by atoms with Crippen LogP contribution in [-0.2, 0) is 0 Å². The summed E-state index contributed by atoms with van der Waals surface area (Å²) >= 11 is 0. The van der Waals surface area contributed by atoms with E-state index in [0.717, 1.165) is 17.8 Å². The van der Waals surface area contributed by atoms with Crippen molar-refractivity contribution in [1.82, 2.24) is 9.55 Å². The number of rotatable bonds is 3. The Kier molecular flexibility index (Phi) is 2.85. The number of imidazole rings is 1. The van der Waals surface area contributed by atoms with Crippen LogP contribution in [0.1, 0.15) is 31.2 Å². The number of nitrogens with zero attached hydrogens (tertiary/aromatic N) is 2. The maximum absolute atomic E-state index is 8.99. The molecule has 4 nitrogen and oxygen atoms in total. The lowest BCUT2D eigenvalue weighted by molar-refractivity contribution is -0.0503. The zero-order valence-electron chi connectivity index (χ0n) is 7.86. The molecule has 0 aliphatic rings. The van der Waals surface area contributed by atoms with Gasteiger partial charge in [0.2, 0.25) is 6.29 Å². The lowest BCUT2D eigenvalue weighted by atomic mass is 10.3. The van der Waals surface area contributed by atoms with Crippen LogP contribution in [0.5, 0.6) is 0 Å². The Hall–Kier alpha value is -1.13. The third kappa shape index (κ3) is 1.96. The summed E-state index contributed by atoms with van der Waals surface area (Å²) in [6, 6.07) is 0. The van der Waals surface area contributed by atoms with E-state index in [2.05, 4.69) is 11.6 Å². The third-order valence-electron chi connectivity index (χ3n) is 1.83. The maximum atomic E-state index is 8.99. The Morgan fingerprint density at radius 3 is 2.77 bits per heavy atom. The molecule has 0 radical (unpaired) electrons. The molecule has 0 aliphatic heterocycles. The van der Waals surface area contributed by atoms with Gasteiger partial charge in [0.1, 0.15) is 0 Å². The fraction of sp³-hybridized carbons (Fsp3) is 0.444. The molecule has 13 heavy (non-hydrogen) atoms. The average molecular weight is 182 g/mol. The van der Waals surface area contributed by atoms with Crippen LogP contribution in [0.3, 0.4) is 0 Å². The number of aryl methyl sites for hydroxylation is 1. The topological polar surface area (TPSA) is 58.3 Å². The minimum Gasteiger partial charge on any atom is -0.362 e. The lowest BCUT2D eigenvalue weighted by Crippen LogP contribution is -2.06. The molecule has 0 unspecified atom stereocenters. The first-order valence-corrected chi connectivity index (χ1v) is 4.16. The molecular weight excluding hydrogens is 168 g/mol. The molecule has 2 N–H and O–H groups in total. The van der Waals surface area contributed by atoms with Gasteiger partial charge in [-0.25, -0.2) is 4.98 Å². The Labute approximate surface area is 77.2 Å². The number of hydrogen-bond acceptors (Lipinski definition) is 3. The summed E-state index contributed by atoms with van der Waals surface area (Å²) in [4.78, 5) is 3.98. The van der Waals surface area contributed by atoms with Gasteiger partial charge in [-0.3, -0.25) is 0 Å². The monoisotopic (exact) mass is 182 g/mol. The summed E-state index contributed by atoms with van der Waals surface area (Å²) < 4.78 is 1.61. The van der Waals surface area contributed by atoms with Crippen molar-refractivity contribution in [2.45, 2.75) is 26.6 Å². The zero-order valence-corrected chi connectivity index (χ0v) is 7.86. The minimum atomic E-state index is -1.54. The number of allylic oxidation sites excluding steroid dienone is 1. The predicted molar refractivity (Wildman–Crippen MR) is 49.8 cm³/mol. The lowest BCUT2D eigenvalue weighted by Gasteiger charge is -2.09. The highest BCUT2D eigenvalue weighted by atomic mass is 16.5. The van der Waals surface area contributed by atoms with E-state index in [-0.39, 0.29) is 5.82 Å². The molecule has 1 heterocycles. The standard InChI is InChI=1S/C9H14N2O2/c1-4-7(3)11-5-6(2)10-8(11)9(12)13/h5,9,12-13H,3-4H2,1-2H3. The van der Waals surface area contributed by atoms with Crippen molar-refractivity contribution in [3.8, 4) is 0 Å². The van der Waals surface area contributed by atoms with Crippen LogP contribution in [0, 0.1) is 6.92 Å². The fourth-order valence-corrected chi connectivity index (χ4v) is 1.12. The second-order valence-corrected chi connectivity index (χ2v) is 2.90. The second kappa shape index (κ2) is 3.72. The molecule has 0 saturated heterocycles. The number of aliphatic hydroxyl groups is 2. The minimum absolute atomic E-state index is 0.226. The van der Waals surface area contributed by atoms with Crippen LogP contribution in [0.15, 0.2) is 12.8 Å². The molecular formula is C9H14N2O2. The van der Waals surface area contributed by atoms with Crippen LogP contribution >= 0.6 is 0 Å². The van der Waals surface area contributed by atoms with Crippen molar-refractivity contribution in [3.05, 3.63) is 24.3 Å². The molecule has 4 heteroatoms. The molecule has 0 spiro atoms. The van der Waals surface area contributed by atoms with E-state index in [9.17, 15) is 0 Å². The van der Waals surface area contributed by atoms with E-state index in [1.54, 1.807) is 17.7 Å². The van der Waals surface area contributed by atoms with E-state index in [0.29, 0.717) is 0 Å². The molecule has 0 amide bonds. The number of aromatic nitrogens is 2. The molecule has 0 atom stereocenters. The first kappa shape index (κ1) is 9.95. The van der Waals surface area contributed by atoms with E-state index in [1.807, 2.05) is 6.92 Å². The summed E-state index contributed by atoms with van der Waals surface area (Å²) in [5, 5.41) is 18.0. The van der Waals surface area contributed by atoms with Gasteiger partial charge in [0.05, 0.1) is 5.69 Å². The van der Waals surface area contributed by atoms with E-state index < -0.39 is 6.29 Å². The Balaban J connectivity index is 3.11. The quantitative estimate of drug-likeness (QED) is 0.687. The maximum Gasteiger partial charge on any atom is 0.212 e. The smallest absolute Gasteiger partial charge is 0.212 e. The Bertz CT molecular complexity index is 315. The van der Waals surface area contributed by atoms with Gasteiger partial charge in [-0.2, -0.15) is 0 Å². The highest BCUT2D eigenvalue weighted by molar-refractivity contribution is 5.42. The summed E-state index contributed by atoms with van der Waals surface area (Å²) in [6.45, 7) is 7.55. The van der Waals surface area contributed by atoms with Crippen LogP contribution < -0.4 is 0 Å². The Morgan fingerprint density at radius 2 is 2.31 bits per heavy atom. The van der Waals surface area contributed by atoms with Crippen molar-refractivity contribution in [2.24, 2.45) is 0 Å². The summed E-state index contributed by atoms with van der Waals surface area (Å²) in [6.07, 6.45) is 0.938. The molecule has 0 fully saturated rings. The van der Waals surface area contributed by atoms with Crippen molar-refractivity contribution in [1.29, 1.82) is 0 Å². The van der Waals surface area contributed by atoms with Crippen LogP contribution in [-0.4, -0.2) is 19.8 Å². The van der Waals surface area contributed by atoms with Crippen LogP contribution in [0.2, 0.25) is 0 Å².